The van der Waals surface area contributed by atoms with Gasteiger partial charge in [0.05, 0.1) is 19.8 Å². The fraction of sp³-hybridized carbons (Fsp3) is 0.0833. The van der Waals surface area contributed by atoms with Gasteiger partial charge in [0.25, 0.3) is 0 Å². The van der Waals surface area contributed by atoms with Gasteiger partial charge in [-0.25, -0.2) is 9.18 Å². The third-order valence-electron chi connectivity index (χ3n) is 4.27. The van der Waals surface area contributed by atoms with E-state index < -0.39 is 11.8 Å². The van der Waals surface area contributed by atoms with Crippen LogP contribution in [0.1, 0.15) is 26.3 Å². The number of benzene rings is 3. The van der Waals surface area contributed by atoms with E-state index in [1.165, 1.54) is 37.5 Å². The Hall–Kier alpha value is -3.93. The normalized spacial score (nSPS) is 10.6. The predicted octanol–water partition coefficient (Wildman–Crippen LogP) is 4.96. The van der Waals surface area contributed by atoms with Crippen molar-refractivity contribution in [2.75, 3.05) is 14.2 Å². The van der Waals surface area contributed by atoms with Gasteiger partial charge in [0.1, 0.15) is 11.6 Å². The van der Waals surface area contributed by atoms with Gasteiger partial charge in [-0.2, -0.15) is 0 Å². The summed E-state index contributed by atoms with van der Waals surface area (Å²) < 4.78 is 28.7. The molecule has 3 rings (SSSR count). The predicted molar refractivity (Wildman–Crippen MR) is 111 cm³/mol. The second-order valence-electron chi connectivity index (χ2n) is 6.23. The minimum absolute atomic E-state index is 0.163. The first-order valence-electron chi connectivity index (χ1n) is 9.02. The van der Waals surface area contributed by atoms with Crippen LogP contribution in [0.2, 0.25) is 0 Å². The Morgan fingerprint density at radius 3 is 2.10 bits per heavy atom. The van der Waals surface area contributed by atoms with Crippen LogP contribution < -0.4 is 14.2 Å². The zero-order valence-electron chi connectivity index (χ0n) is 16.4. The van der Waals surface area contributed by atoms with Crippen molar-refractivity contribution in [2.24, 2.45) is 0 Å². The third kappa shape index (κ3) is 5.11. The Morgan fingerprint density at radius 2 is 1.47 bits per heavy atom. The Labute approximate surface area is 173 Å². The highest BCUT2D eigenvalue weighted by atomic mass is 19.1. The maximum atomic E-state index is 13.0. The summed E-state index contributed by atoms with van der Waals surface area (Å²) >= 11 is 0. The molecule has 0 amide bonds. The van der Waals surface area contributed by atoms with E-state index in [4.69, 9.17) is 14.2 Å². The minimum atomic E-state index is -0.633. The number of allylic oxidation sites excluding steroid dienone is 1. The molecule has 3 aromatic rings. The van der Waals surface area contributed by atoms with Gasteiger partial charge in [-0.3, -0.25) is 4.79 Å². The van der Waals surface area contributed by atoms with Crippen LogP contribution in [0.25, 0.3) is 6.08 Å². The number of hydrogen-bond donors (Lipinski definition) is 0. The highest BCUT2D eigenvalue weighted by Crippen LogP contribution is 2.29. The molecule has 0 bridgehead atoms. The number of methoxy groups -OCH3 is 2. The number of ether oxygens (including phenoxy) is 3. The lowest BCUT2D eigenvalue weighted by Crippen LogP contribution is -2.09. The fourth-order valence-electron chi connectivity index (χ4n) is 2.64. The van der Waals surface area contributed by atoms with Gasteiger partial charge in [-0.05, 0) is 72.3 Å². The van der Waals surface area contributed by atoms with Gasteiger partial charge in [0.2, 0.25) is 0 Å². The number of carbonyl (C=O) groups excluding carboxylic acids is 2. The Balaban J connectivity index is 1.72. The maximum Gasteiger partial charge on any atom is 0.343 e. The topological polar surface area (TPSA) is 61.8 Å². The molecule has 0 heterocycles. The Bertz CT molecular complexity index is 1070. The van der Waals surface area contributed by atoms with Crippen LogP contribution in [0.15, 0.2) is 72.8 Å². The Morgan fingerprint density at radius 1 is 0.800 bits per heavy atom. The highest BCUT2D eigenvalue weighted by molar-refractivity contribution is 6.06. The van der Waals surface area contributed by atoms with Crippen molar-refractivity contribution in [2.45, 2.75) is 0 Å². The molecular weight excluding hydrogens is 387 g/mol. The lowest BCUT2D eigenvalue weighted by molar-refractivity contribution is 0.0729. The molecule has 0 saturated heterocycles. The molecule has 0 aromatic heterocycles. The summed E-state index contributed by atoms with van der Waals surface area (Å²) in [7, 11) is 3.01. The van der Waals surface area contributed by atoms with Crippen LogP contribution in [-0.4, -0.2) is 26.0 Å². The molecule has 5 nitrogen and oxygen atoms in total. The smallest absolute Gasteiger partial charge is 0.343 e. The van der Waals surface area contributed by atoms with Crippen LogP contribution in [0, 0.1) is 5.82 Å². The van der Waals surface area contributed by atoms with Crippen molar-refractivity contribution in [1.82, 2.24) is 0 Å². The molecule has 0 radical (unpaired) electrons. The zero-order valence-corrected chi connectivity index (χ0v) is 16.4. The van der Waals surface area contributed by atoms with Gasteiger partial charge in [0, 0.05) is 5.56 Å². The first kappa shape index (κ1) is 20.8. The van der Waals surface area contributed by atoms with E-state index in [0.29, 0.717) is 22.6 Å². The van der Waals surface area contributed by atoms with Crippen molar-refractivity contribution < 1.29 is 28.2 Å². The molecule has 0 atom stereocenters. The number of rotatable bonds is 7. The molecule has 0 aliphatic carbocycles. The summed E-state index contributed by atoms with van der Waals surface area (Å²) in [6.45, 7) is 0. The van der Waals surface area contributed by atoms with Gasteiger partial charge in [-0.1, -0.05) is 12.1 Å². The molecule has 0 saturated carbocycles. The monoisotopic (exact) mass is 406 g/mol. The molecule has 0 spiro atoms. The van der Waals surface area contributed by atoms with Crippen LogP contribution in [-0.2, 0) is 0 Å². The summed E-state index contributed by atoms with van der Waals surface area (Å²) in [4.78, 5) is 24.5. The number of esters is 1. The second kappa shape index (κ2) is 9.52. The van der Waals surface area contributed by atoms with E-state index in [0.717, 1.165) is 0 Å². The van der Waals surface area contributed by atoms with Gasteiger partial charge in [-0.15, -0.1) is 0 Å². The molecule has 0 N–H and O–H groups in total. The van der Waals surface area contributed by atoms with Crippen molar-refractivity contribution in [3.8, 4) is 17.2 Å². The van der Waals surface area contributed by atoms with Crippen LogP contribution in [0.5, 0.6) is 17.2 Å². The van der Waals surface area contributed by atoms with E-state index in [9.17, 15) is 14.0 Å². The average Bonchev–Trinajstić information content (AvgIpc) is 2.78. The van der Waals surface area contributed by atoms with Gasteiger partial charge < -0.3 is 14.2 Å². The Kier molecular flexibility index (Phi) is 6.60. The number of ketones is 1. The molecule has 0 aliphatic rings. The molecule has 0 unspecified atom stereocenters. The molecule has 6 heteroatoms. The second-order valence-corrected chi connectivity index (χ2v) is 6.23. The van der Waals surface area contributed by atoms with Crippen LogP contribution in [0.3, 0.4) is 0 Å². The highest BCUT2D eigenvalue weighted by Gasteiger charge is 2.13. The third-order valence-corrected chi connectivity index (χ3v) is 4.27. The van der Waals surface area contributed by atoms with E-state index in [1.54, 1.807) is 55.7 Å². The SMILES string of the molecule is COc1ccc(C(=O)/C=C/c2ccc(OC(=O)c3ccc(F)cc3)c(OC)c2)cc1. The molecule has 0 aliphatic heterocycles. The summed E-state index contributed by atoms with van der Waals surface area (Å²) in [5.41, 5.74) is 1.44. The first-order chi connectivity index (χ1) is 14.5. The summed E-state index contributed by atoms with van der Waals surface area (Å²) in [5, 5.41) is 0. The van der Waals surface area contributed by atoms with Crippen LogP contribution in [0.4, 0.5) is 4.39 Å². The van der Waals surface area contributed by atoms with Crippen molar-refractivity contribution in [3.63, 3.8) is 0 Å². The van der Waals surface area contributed by atoms with Crippen molar-refractivity contribution >= 4 is 17.8 Å². The van der Waals surface area contributed by atoms with E-state index in [2.05, 4.69) is 0 Å². The van der Waals surface area contributed by atoms with E-state index in [1.807, 2.05) is 0 Å². The van der Waals surface area contributed by atoms with Crippen molar-refractivity contribution in [1.29, 1.82) is 0 Å². The standard InChI is InChI=1S/C24H19FO5/c1-28-20-11-7-17(8-12-20)21(26)13-3-16-4-14-22(23(15-16)29-2)30-24(27)18-5-9-19(25)10-6-18/h3-15H,1-2H3/b13-3+. The number of halogens is 1. The molecule has 30 heavy (non-hydrogen) atoms. The number of carbonyl (C=O) groups is 2. The number of hydrogen-bond acceptors (Lipinski definition) is 5. The quantitative estimate of drug-likeness (QED) is 0.240. The van der Waals surface area contributed by atoms with Crippen LogP contribution >= 0.6 is 0 Å². The molecular formula is C24H19FO5. The van der Waals surface area contributed by atoms with E-state index in [-0.39, 0.29) is 17.1 Å². The first-order valence-corrected chi connectivity index (χ1v) is 9.02. The minimum Gasteiger partial charge on any atom is -0.497 e. The van der Waals surface area contributed by atoms with Gasteiger partial charge in [0.15, 0.2) is 17.3 Å². The lowest BCUT2D eigenvalue weighted by atomic mass is 10.1. The largest absolute Gasteiger partial charge is 0.497 e. The van der Waals surface area contributed by atoms with E-state index >= 15 is 0 Å². The summed E-state index contributed by atoms with van der Waals surface area (Å²) in [6.07, 6.45) is 3.08. The molecule has 152 valence electrons. The maximum absolute atomic E-state index is 13.0. The molecule has 0 fully saturated rings. The molecule has 3 aromatic carbocycles. The average molecular weight is 406 g/mol. The van der Waals surface area contributed by atoms with Gasteiger partial charge >= 0.3 is 5.97 Å². The lowest BCUT2D eigenvalue weighted by Gasteiger charge is -2.10. The fourth-order valence-corrected chi connectivity index (χ4v) is 2.64. The van der Waals surface area contributed by atoms with Crippen molar-refractivity contribution in [3.05, 3.63) is 95.3 Å². The zero-order chi connectivity index (χ0) is 21.5. The summed E-state index contributed by atoms with van der Waals surface area (Å²) in [5.74, 6) is -0.0276. The summed E-state index contributed by atoms with van der Waals surface area (Å²) in [6, 6.07) is 16.7.